The fourth-order valence-electron chi connectivity index (χ4n) is 5.42. The molecular formula is C28H32N6O4. The van der Waals surface area contributed by atoms with Gasteiger partial charge in [0.15, 0.2) is 11.5 Å². The number of benzene rings is 1. The van der Waals surface area contributed by atoms with E-state index in [9.17, 15) is 9.59 Å². The highest BCUT2D eigenvalue weighted by Gasteiger charge is 2.33. The second kappa shape index (κ2) is 10.5. The predicted molar refractivity (Wildman–Crippen MR) is 141 cm³/mol. The van der Waals surface area contributed by atoms with Crippen molar-refractivity contribution in [3.05, 3.63) is 71.2 Å². The molecule has 3 aromatic rings. The Morgan fingerprint density at radius 1 is 1.11 bits per heavy atom. The van der Waals surface area contributed by atoms with Crippen LogP contribution in [0.1, 0.15) is 40.7 Å². The van der Waals surface area contributed by atoms with Crippen molar-refractivity contribution in [2.75, 3.05) is 45.9 Å². The molecule has 0 saturated carbocycles. The van der Waals surface area contributed by atoms with Crippen LogP contribution in [0.5, 0.6) is 0 Å². The summed E-state index contributed by atoms with van der Waals surface area (Å²) < 4.78 is 12.9. The number of amides is 2. The van der Waals surface area contributed by atoms with Crippen LogP contribution in [-0.2, 0) is 15.9 Å². The lowest BCUT2D eigenvalue weighted by atomic mass is 10.0. The van der Waals surface area contributed by atoms with Crippen molar-refractivity contribution < 1.29 is 19.1 Å². The minimum absolute atomic E-state index is 0.0505. The number of pyridine rings is 1. The zero-order valence-electron chi connectivity index (χ0n) is 21.5. The van der Waals surface area contributed by atoms with Gasteiger partial charge in [0.2, 0.25) is 0 Å². The summed E-state index contributed by atoms with van der Waals surface area (Å²) >= 11 is 0. The third-order valence-electron chi connectivity index (χ3n) is 7.31. The third kappa shape index (κ3) is 5.01. The number of hydrogen-bond acceptors (Lipinski definition) is 7. The van der Waals surface area contributed by atoms with E-state index in [2.05, 4.69) is 17.5 Å². The number of carbonyl (C=O) groups is 2. The first-order valence-electron chi connectivity index (χ1n) is 13.3. The van der Waals surface area contributed by atoms with E-state index in [0.717, 1.165) is 47.7 Å². The minimum Gasteiger partial charge on any atom is -0.450 e. The monoisotopic (exact) mass is 516 g/mol. The van der Waals surface area contributed by atoms with Gasteiger partial charge < -0.3 is 24.6 Å². The summed E-state index contributed by atoms with van der Waals surface area (Å²) in [6.07, 6.45) is 5.13. The summed E-state index contributed by atoms with van der Waals surface area (Å²) in [6.45, 7) is 6.13. The summed E-state index contributed by atoms with van der Waals surface area (Å²) in [5.41, 5.74) is 4.72. The van der Waals surface area contributed by atoms with Crippen LogP contribution in [0.25, 0.3) is 11.2 Å². The van der Waals surface area contributed by atoms with E-state index in [1.54, 1.807) is 4.90 Å². The quantitative estimate of drug-likeness (QED) is 0.556. The molecule has 38 heavy (non-hydrogen) atoms. The third-order valence-corrected chi connectivity index (χ3v) is 7.31. The number of carbonyl (C=O) groups excluding carboxylic acids is 2. The van der Waals surface area contributed by atoms with Crippen LogP contribution in [0, 0.1) is 0 Å². The lowest BCUT2D eigenvalue weighted by Gasteiger charge is -2.41. The summed E-state index contributed by atoms with van der Waals surface area (Å²) in [5, 5.41) is 8.05. The van der Waals surface area contributed by atoms with Crippen molar-refractivity contribution in [1.82, 2.24) is 29.7 Å². The van der Waals surface area contributed by atoms with Crippen LogP contribution >= 0.6 is 0 Å². The van der Waals surface area contributed by atoms with Gasteiger partial charge in [0.1, 0.15) is 0 Å². The van der Waals surface area contributed by atoms with Gasteiger partial charge in [-0.2, -0.15) is 5.10 Å². The Bertz CT molecular complexity index is 1360. The maximum absolute atomic E-state index is 13.1. The number of fused-ring (bicyclic) bond motifs is 3. The number of morpholine rings is 2. The first kappa shape index (κ1) is 24.6. The van der Waals surface area contributed by atoms with E-state index < -0.39 is 0 Å². The van der Waals surface area contributed by atoms with Crippen molar-refractivity contribution in [2.45, 2.75) is 32.0 Å². The van der Waals surface area contributed by atoms with Crippen LogP contribution in [0.4, 0.5) is 4.79 Å². The number of hydrogen-bond donors (Lipinski definition) is 1. The Balaban J connectivity index is 1.14. The molecule has 3 aliphatic heterocycles. The van der Waals surface area contributed by atoms with Crippen molar-refractivity contribution in [2.24, 2.45) is 0 Å². The van der Waals surface area contributed by atoms with E-state index in [1.807, 2.05) is 52.9 Å². The zero-order valence-corrected chi connectivity index (χ0v) is 21.5. The highest BCUT2D eigenvalue weighted by molar-refractivity contribution is 5.94. The second-order valence-electron chi connectivity index (χ2n) is 9.96. The molecule has 1 N–H and O–H groups in total. The number of nitrogens with zero attached hydrogens (tertiary/aromatic N) is 5. The predicted octanol–water partition coefficient (Wildman–Crippen LogP) is 2.38. The standard InChI is InChI=1S/C28H32N6O4/c1-2-37-28(36)32-12-9-20(10-13-32)24-4-3-11-34-26(24)30-25(31-34)14-19-5-7-21(8-6-19)27(35)33-17-22-15-29-16-23(18-33)38-22/h3-9,11,22-23,29H,2,10,12-18H2,1H3. The molecule has 0 aliphatic carbocycles. The van der Waals surface area contributed by atoms with Gasteiger partial charge >= 0.3 is 6.09 Å². The molecule has 0 spiro atoms. The molecular weight excluding hydrogens is 484 g/mol. The minimum atomic E-state index is -0.275. The normalized spacial score (nSPS) is 21.3. The Morgan fingerprint density at radius 3 is 2.61 bits per heavy atom. The molecule has 2 aromatic heterocycles. The largest absolute Gasteiger partial charge is 0.450 e. The van der Waals surface area contributed by atoms with E-state index in [4.69, 9.17) is 19.6 Å². The zero-order chi connectivity index (χ0) is 26.1. The van der Waals surface area contributed by atoms with Gasteiger partial charge in [0.05, 0.1) is 18.8 Å². The first-order valence-corrected chi connectivity index (χ1v) is 13.3. The van der Waals surface area contributed by atoms with Crippen LogP contribution in [0.3, 0.4) is 0 Å². The average molecular weight is 517 g/mol. The van der Waals surface area contributed by atoms with Crippen molar-refractivity contribution in [3.8, 4) is 0 Å². The Kier molecular flexibility index (Phi) is 6.82. The van der Waals surface area contributed by atoms with Gasteiger partial charge in [0.25, 0.3) is 5.91 Å². The van der Waals surface area contributed by atoms with Crippen LogP contribution in [-0.4, -0.2) is 94.5 Å². The molecule has 10 nitrogen and oxygen atoms in total. The molecule has 198 valence electrons. The van der Waals surface area contributed by atoms with Crippen LogP contribution in [0.2, 0.25) is 0 Å². The molecule has 2 fully saturated rings. The SMILES string of the molecule is CCOC(=O)N1CC=C(c2cccn3nc(Cc4ccc(C(=O)N5CC6CNCC(C5)O6)cc4)nc23)CC1. The van der Waals surface area contributed by atoms with Gasteiger partial charge in [-0.25, -0.2) is 14.3 Å². The van der Waals surface area contributed by atoms with Crippen LogP contribution in [0.15, 0.2) is 48.7 Å². The lowest BCUT2D eigenvalue weighted by Crippen LogP contribution is -2.59. The summed E-state index contributed by atoms with van der Waals surface area (Å²) in [4.78, 5) is 33.6. The fourth-order valence-corrected chi connectivity index (χ4v) is 5.42. The van der Waals surface area contributed by atoms with Gasteiger partial charge in [-0.05, 0) is 48.7 Å². The highest BCUT2D eigenvalue weighted by atomic mass is 16.6. The highest BCUT2D eigenvalue weighted by Crippen LogP contribution is 2.26. The molecule has 2 amide bonds. The van der Waals surface area contributed by atoms with E-state index >= 15 is 0 Å². The molecule has 2 unspecified atom stereocenters. The van der Waals surface area contributed by atoms with Crippen molar-refractivity contribution >= 4 is 23.2 Å². The van der Waals surface area contributed by atoms with Gasteiger partial charge in [-0.15, -0.1) is 0 Å². The Labute approximate surface area is 221 Å². The van der Waals surface area contributed by atoms with E-state index in [1.165, 1.54) is 0 Å². The summed E-state index contributed by atoms with van der Waals surface area (Å²) in [7, 11) is 0. The molecule has 0 radical (unpaired) electrons. The molecule has 10 heteroatoms. The Morgan fingerprint density at radius 2 is 1.89 bits per heavy atom. The van der Waals surface area contributed by atoms with Gasteiger partial charge in [0, 0.05) is 63.0 Å². The molecule has 3 aliphatic rings. The van der Waals surface area contributed by atoms with Gasteiger partial charge in [-0.1, -0.05) is 18.2 Å². The topological polar surface area (TPSA) is 101 Å². The maximum Gasteiger partial charge on any atom is 0.410 e. The number of rotatable bonds is 5. The number of ether oxygens (including phenoxy) is 2. The second-order valence-corrected chi connectivity index (χ2v) is 9.96. The van der Waals surface area contributed by atoms with E-state index in [0.29, 0.717) is 44.8 Å². The smallest absolute Gasteiger partial charge is 0.410 e. The van der Waals surface area contributed by atoms with Gasteiger partial charge in [-0.3, -0.25) is 4.79 Å². The lowest BCUT2D eigenvalue weighted by molar-refractivity contribution is -0.0930. The van der Waals surface area contributed by atoms with E-state index in [-0.39, 0.29) is 24.2 Å². The van der Waals surface area contributed by atoms with Crippen LogP contribution < -0.4 is 5.32 Å². The molecule has 2 saturated heterocycles. The average Bonchev–Trinajstić information content (AvgIpc) is 3.35. The summed E-state index contributed by atoms with van der Waals surface area (Å²) in [6, 6.07) is 11.8. The molecule has 2 atom stereocenters. The first-order chi connectivity index (χ1) is 18.6. The number of nitrogens with one attached hydrogen (secondary N) is 1. The molecule has 6 rings (SSSR count). The molecule has 2 bridgehead atoms. The maximum atomic E-state index is 13.1. The summed E-state index contributed by atoms with van der Waals surface area (Å²) in [5.74, 6) is 0.768. The number of aromatic nitrogens is 3. The van der Waals surface area contributed by atoms with Crippen molar-refractivity contribution in [1.29, 1.82) is 0 Å². The molecule has 5 heterocycles. The molecule has 1 aromatic carbocycles. The fraction of sp³-hybridized carbons (Fsp3) is 0.429. The Hall–Kier alpha value is -3.76. The van der Waals surface area contributed by atoms with Crippen molar-refractivity contribution in [3.63, 3.8) is 0 Å².